The Bertz CT molecular complexity index is 97.8. The molecule has 0 radical (unpaired) electrons. The standard InChI is InChI=1S/C12H27NO2/c1-3-9-14-11-5-7-13-8-6-12-15-10-4-2/h13H,3-12H2,1-2H3/p+1. The molecule has 0 atom stereocenters. The fourth-order valence-electron chi connectivity index (χ4n) is 1.30. The zero-order valence-electron chi connectivity index (χ0n) is 10.5. The molecule has 0 rings (SSSR count). The summed E-state index contributed by atoms with van der Waals surface area (Å²) in [7, 11) is 0. The van der Waals surface area contributed by atoms with Crippen molar-refractivity contribution in [3.8, 4) is 0 Å². The van der Waals surface area contributed by atoms with Crippen LogP contribution >= 0.6 is 0 Å². The lowest BCUT2D eigenvalue weighted by molar-refractivity contribution is -0.655. The van der Waals surface area contributed by atoms with Crippen molar-refractivity contribution >= 4 is 0 Å². The van der Waals surface area contributed by atoms with Crippen molar-refractivity contribution in [2.24, 2.45) is 0 Å². The largest absolute Gasteiger partial charge is 0.381 e. The highest BCUT2D eigenvalue weighted by Crippen LogP contribution is 1.83. The monoisotopic (exact) mass is 218 g/mol. The second-order valence-electron chi connectivity index (χ2n) is 3.80. The molecule has 0 aromatic rings. The van der Waals surface area contributed by atoms with Gasteiger partial charge in [0.15, 0.2) is 0 Å². The molecular formula is C12H28NO2+. The molecule has 92 valence electrons. The van der Waals surface area contributed by atoms with Crippen LogP contribution in [0.2, 0.25) is 0 Å². The zero-order valence-corrected chi connectivity index (χ0v) is 10.5. The average molecular weight is 218 g/mol. The summed E-state index contributed by atoms with van der Waals surface area (Å²) in [6, 6.07) is 0. The van der Waals surface area contributed by atoms with Gasteiger partial charge < -0.3 is 14.8 Å². The van der Waals surface area contributed by atoms with Crippen molar-refractivity contribution in [3.05, 3.63) is 0 Å². The summed E-state index contributed by atoms with van der Waals surface area (Å²) in [6.45, 7) is 10.3. The molecule has 0 aliphatic rings. The molecule has 0 saturated heterocycles. The molecule has 0 amide bonds. The normalized spacial score (nSPS) is 10.8. The van der Waals surface area contributed by atoms with Crippen LogP contribution < -0.4 is 5.32 Å². The van der Waals surface area contributed by atoms with Gasteiger partial charge in [-0.1, -0.05) is 13.8 Å². The van der Waals surface area contributed by atoms with Crippen LogP contribution in [0, 0.1) is 0 Å². The van der Waals surface area contributed by atoms with E-state index in [1.807, 2.05) is 0 Å². The summed E-state index contributed by atoms with van der Waals surface area (Å²) < 4.78 is 10.8. The first-order valence-electron chi connectivity index (χ1n) is 6.39. The van der Waals surface area contributed by atoms with Crippen LogP contribution in [0.25, 0.3) is 0 Å². The Morgan fingerprint density at radius 1 is 0.733 bits per heavy atom. The van der Waals surface area contributed by atoms with Crippen molar-refractivity contribution in [3.63, 3.8) is 0 Å². The van der Waals surface area contributed by atoms with E-state index < -0.39 is 0 Å². The maximum Gasteiger partial charge on any atom is 0.0777 e. The van der Waals surface area contributed by atoms with E-state index in [-0.39, 0.29) is 0 Å². The highest BCUT2D eigenvalue weighted by atomic mass is 16.5. The molecule has 3 nitrogen and oxygen atoms in total. The maximum atomic E-state index is 5.40. The Labute approximate surface area is 94.5 Å². The van der Waals surface area contributed by atoms with Crippen molar-refractivity contribution in [1.82, 2.24) is 0 Å². The van der Waals surface area contributed by atoms with Gasteiger partial charge in [-0.15, -0.1) is 0 Å². The van der Waals surface area contributed by atoms with Gasteiger partial charge in [0.2, 0.25) is 0 Å². The van der Waals surface area contributed by atoms with Gasteiger partial charge in [0.1, 0.15) is 0 Å². The van der Waals surface area contributed by atoms with Gasteiger partial charge in [-0.25, -0.2) is 0 Å². The van der Waals surface area contributed by atoms with E-state index in [9.17, 15) is 0 Å². The van der Waals surface area contributed by atoms with Gasteiger partial charge in [-0.3, -0.25) is 0 Å². The molecule has 0 fully saturated rings. The third-order valence-electron chi connectivity index (χ3n) is 2.09. The minimum atomic E-state index is 0.908. The third-order valence-corrected chi connectivity index (χ3v) is 2.09. The molecular weight excluding hydrogens is 190 g/mol. The van der Waals surface area contributed by atoms with Gasteiger partial charge in [-0.05, 0) is 12.8 Å². The highest BCUT2D eigenvalue weighted by molar-refractivity contribution is 4.34. The van der Waals surface area contributed by atoms with E-state index in [1.165, 1.54) is 13.1 Å². The van der Waals surface area contributed by atoms with E-state index in [0.717, 1.165) is 52.1 Å². The van der Waals surface area contributed by atoms with Crippen molar-refractivity contribution in [2.75, 3.05) is 39.5 Å². The highest BCUT2D eigenvalue weighted by Gasteiger charge is 1.93. The summed E-state index contributed by atoms with van der Waals surface area (Å²) in [5.74, 6) is 0. The zero-order chi connectivity index (χ0) is 11.2. The predicted octanol–water partition coefficient (Wildman–Crippen LogP) is 1.18. The number of rotatable bonds is 12. The third kappa shape index (κ3) is 13.9. The number of hydrogen-bond acceptors (Lipinski definition) is 2. The average Bonchev–Trinajstić information content (AvgIpc) is 2.26. The van der Waals surface area contributed by atoms with Crippen molar-refractivity contribution < 1.29 is 14.8 Å². The predicted molar refractivity (Wildman–Crippen MR) is 63.1 cm³/mol. The van der Waals surface area contributed by atoms with E-state index in [1.54, 1.807) is 0 Å². The molecule has 3 heteroatoms. The quantitative estimate of drug-likeness (QED) is 0.499. The first kappa shape index (κ1) is 14.9. The Morgan fingerprint density at radius 3 is 1.60 bits per heavy atom. The van der Waals surface area contributed by atoms with Gasteiger partial charge in [0, 0.05) is 26.1 Å². The van der Waals surface area contributed by atoms with E-state index in [0.29, 0.717) is 0 Å². The lowest BCUT2D eigenvalue weighted by Crippen LogP contribution is -2.84. The Morgan fingerprint density at radius 2 is 1.20 bits per heavy atom. The van der Waals surface area contributed by atoms with Crippen LogP contribution in [0.4, 0.5) is 0 Å². The summed E-state index contributed by atoms with van der Waals surface area (Å²) in [5.41, 5.74) is 0. The summed E-state index contributed by atoms with van der Waals surface area (Å²) in [5, 5.41) is 2.35. The molecule has 0 aliphatic heterocycles. The Hall–Kier alpha value is -0.120. The second kappa shape index (κ2) is 13.9. The molecule has 15 heavy (non-hydrogen) atoms. The molecule has 0 aromatic heterocycles. The Balaban J connectivity index is 2.81. The molecule has 0 heterocycles. The SMILES string of the molecule is CCCOCCC[NH2+]CCCOCCC. The topological polar surface area (TPSA) is 35.1 Å². The van der Waals surface area contributed by atoms with Crippen LogP contribution in [-0.2, 0) is 9.47 Å². The molecule has 0 aromatic carbocycles. The van der Waals surface area contributed by atoms with Crippen LogP contribution in [-0.4, -0.2) is 39.5 Å². The maximum absolute atomic E-state index is 5.40. The number of ether oxygens (including phenoxy) is 2. The van der Waals surface area contributed by atoms with Crippen molar-refractivity contribution in [2.45, 2.75) is 39.5 Å². The fourth-order valence-corrected chi connectivity index (χ4v) is 1.30. The van der Waals surface area contributed by atoms with E-state index >= 15 is 0 Å². The number of quaternary nitrogens is 1. The summed E-state index contributed by atoms with van der Waals surface area (Å²) >= 11 is 0. The fraction of sp³-hybridized carbons (Fsp3) is 1.00. The Kier molecular flexibility index (Phi) is 13.8. The lowest BCUT2D eigenvalue weighted by Gasteiger charge is -2.03. The first-order chi connectivity index (χ1) is 7.41. The molecule has 0 saturated carbocycles. The van der Waals surface area contributed by atoms with Crippen LogP contribution in [0.5, 0.6) is 0 Å². The summed E-state index contributed by atoms with van der Waals surface area (Å²) in [6.07, 6.45) is 4.57. The van der Waals surface area contributed by atoms with E-state index in [2.05, 4.69) is 19.2 Å². The molecule has 0 spiro atoms. The minimum absolute atomic E-state index is 0.908. The smallest absolute Gasteiger partial charge is 0.0777 e. The van der Waals surface area contributed by atoms with Crippen LogP contribution in [0.1, 0.15) is 39.5 Å². The molecule has 0 aliphatic carbocycles. The van der Waals surface area contributed by atoms with Gasteiger partial charge in [-0.2, -0.15) is 0 Å². The minimum Gasteiger partial charge on any atom is -0.381 e. The first-order valence-corrected chi connectivity index (χ1v) is 6.39. The van der Waals surface area contributed by atoms with Gasteiger partial charge >= 0.3 is 0 Å². The van der Waals surface area contributed by atoms with Crippen LogP contribution in [0.15, 0.2) is 0 Å². The summed E-state index contributed by atoms with van der Waals surface area (Å²) in [4.78, 5) is 0. The number of hydrogen-bond donors (Lipinski definition) is 1. The number of nitrogens with two attached hydrogens (primary N) is 1. The molecule has 0 unspecified atom stereocenters. The van der Waals surface area contributed by atoms with Gasteiger partial charge in [0.05, 0.1) is 26.3 Å². The molecule has 0 bridgehead atoms. The van der Waals surface area contributed by atoms with Gasteiger partial charge in [0.25, 0.3) is 0 Å². The lowest BCUT2D eigenvalue weighted by atomic mass is 10.4. The van der Waals surface area contributed by atoms with E-state index in [4.69, 9.17) is 9.47 Å². The van der Waals surface area contributed by atoms with Crippen molar-refractivity contribution in [1.29, 1.82) is 0 Å². The van der Waals surface area contributed by atoms with Crippen LogP contribution in [0.3, 0.4) is 0 Å². The second-order valence-corrected chi connectivity index (χ2v) is 3.80. The molecule has 2 N–H and O–H groups in total.